The van der Waals surface area contributed by atoms with Crippen LogP contribution in [0.4, 0.5) is 0 Å². The Morgan fingerprint density at radius 2 is 1.83 bits per heavy atom. The smallest absolute Gasteiger partial charge is 0.336 e. The normalized spacial score (nSPS) is 10.9. The minimum Gasteiger partial charge on any atom is -0.478 e. The van der Waals surface area contributed by atoms with Crippen molar-refractivity contribution in [2.24, 2.45) is 0 Å². The topological polar surface area (TPSA) is 63.1 Å². The number of thiazole rings is 1. The molecule has 0 radical (unpaired) electrons. The van der Waals surface area contributed by atoms with Gasteiger partial charge in [0.2, 0.25) is 0 Å². The average Bonchev–Trinajstić information content (AvgIpc) is 3.20. The Hall–Kier alpha value is -2.73. The van der Waals surface area contributed by atoms with Crippen LogP contribution in [0.1, 0.15) is 16.1 Å². The zero-order chi connectivity index (χ0) is 20.5. The van der Waals surface area contributed by atoms with Gasteiger partial charge in [0.15, 0.2) is 0 Å². The highest BCUT2D eigenvalue weighted by atomic mass is 35.5. The van der Waals surface area contributed by atoms with Crippen molar-refractivity contribution in [1.82, 2.24) is 9.97 Å². The van der Waals surface area contributed by atoms with E-state index in [4.69, 9.17) is 28.2 Å². The third kappa shape index (κ3) is 3.77. The molecule has 29 heavy (non-hydrogen) atoms. The van der Waals surface area contributed by atoms with Gasteiger partial charge < -0.3 is 5.11 Å². The molecule has 7 heteroatoms. The van der Waals surface area contributed by atoms with Crippen LogP contribution in [0.15, 0.2) is 60.1 Å². The number of aromatic carboxylic acids is 1. The van der Waals surface area contributed by atoms with E-state index < -0.39 is 5.97 Å². The van der Waals surface area contributed by atoms with Crippen LogP contribution < -0.4 is 0 Å². The summed E-state index contributed by atoms with van der Waals surface area (Å²) in [4.78, 5) is 21.0. The lowest BCUT2D eigenvalue weighted by Crippen LogP contribution is -2.02. The average molecular weight is 441 g/mol. The molecule has 2 aromatic heterocycles. The first kappa shape index (κ1) is 19.6. The number of rotatable bonds is 4. The summed E-state index contributed by atoms with van der Waals surface area (Å²) < 4.78 is 0. The molecule has 0 atom stereocenters. The molecule has 0 aliphatic heterocycles. The van der Waals surface area contributed by atoms with Crippen molar-refractivity contribution < 1.29 is 9.90 Å². The molecular formula is C22H14Cl2N2O2S. The number of halogens is 2. The van der Waals surface area contributed by atoms with E-state index in [9.17, 15) is 9.90 Å². The van der Waals surface area contributed by atoms with Crippen molar-refractivity contribution in [3.8, 4) is 33.0 Å². The van der Waals surface area contributed by atoms with Crippen molar-refractivity contribution in [3.63, 3.8) is 0 Å². The van der Waals surface area contributed by atoms with Crippen LogP contribution >= 0.6 is 34.5 Å². The number of aromatic nitrogens is 2. The maximum Gasteiger partial charge on any atom is 0.336 e. The van der Waals surface area contributed by atoms with Crippen LogP contribution in [0.5, 0.6) is 0 Å². The molecule has 0 amide bonds. The van der Waals surface area contributed by atoms with Gasteiger partial charge in [-0.1, -0.05) is 47.5 Å². The van der Waals surface area contributed by atoms with Crippen molar-refractivity contribution in [2.75, 3.05) is 0 Å². The number of carbonyl (C=O) groups is 1. The number of hydrogen-bond donors (Lipinski definition) is 1. The summed E-state index contributed by atoms with van der Waals surface area (Å²) in [5.74, 6) is -0.994. The number of hydrogen-bond acceptors (Lipinski definition) is 4. The summed E-state index contributed by atoms with van der Waals surface area (Å²) in [7, 11) is 0. The molecule has 4 nitrogen and oxygen atoms in total. The summed E-state index contributed by atoms with van der Waals surface area (Å²) >= 11 is 13.6. The minimum absolute atomic E-state index is 0.213. The van der Waals surface area contributed by atoms with Gasteiger partial charge in [-0.3, -0.25) is 4.98 Å². The molecule has 2 aromatic carbocycles. The zero-order valence-electron chi connectivity index (χ0n) is 15.2. The summed E-state index contributed by atoms with van der Waals surface area (Å²) in [6.07, 6.45) is 1.69. The maximum atomic E-state index is 11.9. The van der Waals surface area contributed by atoms with Gasteiger partial charge >= 0.3 is 5.97 Å². The highest BCUT2D eigenvalue weighted by Crippen LogP contribution is 2.39. The van der Waals surface area contributed by atoms with E-state index in [2.05, 4.69) is 4.98 Å². The van der Waals surface area contributed by atoms with E-state index in [0.29, 0.717) is 20.6 Å². The van der Waals surface area contributed by atoms with Gasteiger partial charge in [-0.15, -0.1) is 11.3 Å². The Morgan fingerprint density at radius 3 is 2.55 bits per heavy atom. The first-order valence-electron chi connectivity index (χ1n) is 8.65. The maximum absolute atomic E-state index is 11.9. The number of carboxylic acids is 1. The summed E-state index contributed by atoms with van der Waals surface area (Å²) in [5, 5.41) is 13.3. The van der Waals surface area contributed by atoms with Crippen LogP contribution in [-0.2, 0) is 0 Å². The Kier molecular flexibility index (Phi) is 5.37. The van der Waals surface area contributed by atoms with Gasteiger partial charge in [-0.05, 0) is 31.2 Å². The highest BCUT2D eigenvalue weighted by molar-refractivity contribution is 7.13. The van der Waals surface area contributed by atoms with Crippen LogP contribution in [0.3, 0.4) is 0 Å². The molecule has 4 aromatic rings. The number of pyridine rings is 1. The predicted molar refractivity (Wildman–Crippen MR) is 118 cm³/mol. The lowest BCUT2D eigenvalue weighted by Gasteiger charge is -2.13. The molecular weight excluding hydrogens is 427 g/mol. The van der Waals surface area contributed by atoms with E-state index >= 15 is 0 Å². The highest BCUT2D eigenvalue weighted by Gasteiger charge is 2.20. The monoisotopic (exact) mass is 440 g/mol. The Morgan fingerprint density at radius 1 is 1.03 bits per heavy atom. The standard InChI is InChI=1S/C22H14Cl2N2O2S/c1-12-14(6-3-9-25-12)20-15(4-2-5-16(20)22(27)28)21-26-19(11-29-21)13-7-8-17(23)18(24)10-13/h2-11H,1H3,(H,27,28). The van der Waals surface area contributed by atoms with Gasteiger partial charge in [0, 0.05) is 39.5 Å². The van der Waals surface area contributed by atoms with Crippen LogP contribution in [0, 0.1) is 6.92 Å². The number of benzene rings is 2. The quantitative estimate of drug-likeness (QED) is 0.376. The fraction of sp³-hybridized carbons (Fsp3) is 0.0455. The lowest BCUT2D eigenvalue weighted by molar-refractivity contribution is 0.0698. The Labute approximate surface area is 181 Å². The first-order valence-corrected chi connectivity index (χ1v) is 10.3. The fourth-order valence-electron chi connectivity index (χ4n) is 3.13. The van der Waals surface area contributed by atoms with Crippen LogP contribution in [0.2, 0.25) is 10.0 Å². The van der Waals surface area contributed by atoms with Gasteiger partial charge in [0.25, 0.3) is 0 Å². The molecule has 4 rings (SSSR count). The third-order valence-corrected chi connectivity index (χ3v) is 6.14. The summed E-state index contributed by atoms with van der Waals surface area (Å²) in [6, 6.07) is 14.2. The molecule has 1 N–H and O–H groups in total. The second kappa shape index (κ2) is 7.95. The second-order valence-electron chi connectivity index (χ2n) is 6.34. The fourth-order valence-corrected chi connectivity index (χ4v) is 4.29. The molecule has 0 saturated heterocycles. The van der Waals surface area contributed by atoms with Gasteiger partial charge in [-0.2, -0.15) is 0 Å². The molecule has 0 spiro atoms. The molecule has 0 fully saturated rings. The Balaban J connectivity index is 1.89. The van der Waals surface area contributed by atoms with Crippen molar-refractivity contribution in [3.05, 3.63) is 81.4 Å². The Bertz CT molecular complexity index is 1240. The molecule has 144 valence electrons. The van der Waals surface area contributed by atoms with Gasteiger partial charge in [-0.25, -0.2) is 9.78 Å². The molecule has 0 bridgehead atoms. The minimum atomic E-state index is -0.994. The van der Waals surface area contributed by atoms with Crippen LogP contribution in [-0.4, -0.2) is 21.0 Å². The van der Waals surface area contributed by atoms with E-state index in [1.54, 1.807) is 36.5 Å². The largest absolute Gasteiger partial charge is 0.478 e. The summed E-state index contributed by atoms with van der Waals surface area (Å²) in [5.41, 5.74) is 4.69. The molecule has 0 aliphatic carbocycles. The predicted octanol–water partition coefficient (Wildman–Crippen LogP) is 6.85. The molecule has 0 saturated carbocycles. The SMILES string of the molecule is Cc1ncccc1-c1c(C(=O)O)cccc1-c1nc(-c2ccc(Cl)c(Cl)c2)cs1. The second-order valence-corrected chi connectivity index (χ2v) is 8.01. The number of aryl methyl sites for hydroxylation is 1. The molecule has 0 unspecified atom stereocenters. The van der Waals surface area contributed by atoms with Crippen molar-refractivity contribution in [1.29, 1.82) is 0 Å². The molecule has 2 heterocycles. The van der Waals surface area contributed by atoms with E-state index in [1.165, 1.54) is 11.3 Å². The van der Waals surface area contributed by atoms with Gasteiger partial charge in [0.1, 0.15) is 5.01 Å². The van der Waals surface area contributed by atoms with Crippen molar-refractivity contribution in [2.45, 2.75) is 6.92 Å². The third-order valence-electron chi connectivity index (χ3n) is 4.52. The summed E-state index contributed by atoms with van der Waals surface area (Å²) in [6.45, 7) is 1.86. The van der Waals surface area contributed by atoms with Crippen LogP contribution in [0.25, 0.3) is 33.0 Å². The number of nitrogens with zero attached hydrogens (tertiary/aromatic N) is 2. The number of carboxylic acid groups (broad SMARTS) is 1. The molecule has 0 aliphatic rings. The van der Waals surface area contributed by atoms with Gasteiger partial charge in [0.05, 0.1) is 21.3 Å². The zero-order valence-corrected chi connectivity index (χ0v) is 17.5. The first-order chi connectivity index (χ1) is 14.0. The lowest BCUT2D eigenvalue weighted by atomic mass is 9.93. The van der Waals surface area contributed by atoms with Crippen molar-refractivity contribution >= 4 is 40.5 Å². The van der Waals surface area contributed by atoms with E-state index in [-0.39, 0.29) is 5.56 Å². The van der Waals surface area contributed by atoms with E-state index in [0.717, 1.165) is 28.1 Å². The van der Waals surface area contributed by atoms with E-state index in [1.807, 2.05) is 30.5 Å².